The van der Waals surface area contributed by atoms with Gasteiger partial charge in [-0.2, -0.15) is 0 Å². The lowest BCUT2D eigenvalue weighted by atomic mass is 9.93. The molecule has 0 aromatic heterocycles. The van der Waals surface area contributed by atoms with Gasteiger partial charge in [-0.25, -0.2) is 4.79 Å². The molecule has 3 rings (SSSR count). The number of nitrogens with one attached hydrogen (secondary N) is 1. The van der Waals surface area contributed by atoms with Crippen LogP contribution in [-0.2, 0) is 4.79 Å². The van der Waals surface area contributed by atoms with E-state index in [9.17, 15) is 14.7 Å². The first kappa shape index (κ1) is 14.6. The molecule has 1 aliphatic carbocycles. The van der Waals surface area contributed by atoms with E-state index in [1.807, 2.05) is 48.6 Å². The van der Waals surface area contributed by atoms with Crippen molar-refractivity contribution in [3.63, 3.8) is 0 Å². The molecule has 112 valence electrons. The fourth-order valence-electron chi connectivity index (χ4n) is 2.59. The van der Waals surface area contributed by atoms with Crippen molar-refractivity contribution in [2.24, 2.45) is 0 Å². The fraction of sp³-hybridized carbons (Fsp3) is 0.125. The van der Waals surface area contributed by atoms with Crippen LogP contribution >= 0.6 is 15.9 Å². The SMILES string of the molecule is O=C([O-])CN1C(=O)N[C@@H]2C=CC(Br)=CC2=C1c1ccccc1. The van der Waals surface area contributed by atoms with Crippen molar-refractivity contribution in [3.8, 4) is 0 Å². The average molecular weight is 360 g/mol. The first-order valence-corrected chi connectivity index (χ1v) is 7.48. The minimum atomic E-state index is -1.31. The van der Waals surface area contributed by atoms with Crippen LogP contribution in [0.3, 0.4) is 0 Å². The van der Waals surface area contributed by atoms with Crippen LogP contribution in [0, 0.1) is 0 Å². The first-order chi connectivity index (χ1) is 10.6. The molecule has 0 bridgehead atoms. The molecule has 1 N–H and O–H groups in total. The van der Waals surface area contributed by atoms with Gasteiger partial charge < -0.3 is 15.2 Å². The number of hydrogen-bond acceptors (Lipinski definition) is 3. The smallest absolute Gasteiger partial charge is 0.322 e. The van der Waals surface area contributed by atoms with Crippen molar-refractivity contribution in [2.45, 2.75) is 6.04 Å². The largest absolute Gasteiger partial charge is 0.548 e. The van der Waals surface area contributed by atoms with E-state index in [0.29, 0.717) is 5.70 Å². The number of urea groups is 1. The van der Waals surface area contributed by atoms with Crippen molar-refractivity contribution in [1.29, 1.82) is 0 Å². The monoisotopic (exact) mass is 359 g/mol. The maximum atomic E-state index is 12.3. The molecule has 1 heterocycles. The summed E-state index contributed by atoms with van der Waals surface area (Å²) in [5, 5.41) is 13.8. The molecular weight excluding hydrogens is 348 g/mol. The molecule has 1 aliphatic heterocycles. The molecule has 0 saturated carbocycles. The second-order valence-corrected chi connectivity index (χ2v) is 5.86. The Labute approximate surface area is 135 Å². The standard InChI is InChI=1S/C16H13BrN2O3/c17-11-6-7-13-12(8-11)15(10-4-2-1-3-5-10)19(9-14(20)21)16(22)18-13/h1-8,13H,9H2,(H,18,22)(H,20,21)/p-1/t13-/m1/s1. The summed E-state index contributed by atoms with van der Waals surface area (Å²) in [6.45, 7) is -0.499. The van der Waals surface area contributed by atoms with Crippen LogP contribution in [-0.4, -0.2) is 29.5 Å². The number of allylic oxidation sites excluding steroid dienone is 2. The summed E-state index contributed by atoms with van der Waals surface area (Å²) in [5.41, 5.74) is 2.20. The number of halogens is 1. The van der Waals surface area contributed by atoms with Gasteiger partial charge in [0, 0.05) is 10.1 Å². The van der Waals surface area contributed by atoms with E-state index < -0.39 is 18.5 Å². The first-order valence-electron chi connectivity index (χ1n) is 6.69. The predicted molar refractivity (Wildman–Crippen MR) is 83.5 cm³/mol. The molecular formula is C16H12BrN2O3-. The maximum absolute atomic E-state index is 12.3. The molecule has 0 saturated heterocycles. The fourth-order valence-corrected chi connectivity index (χ4v) is 2.99. The molecule has 2 amide bonds. The third-order valence-electron chi connectivity index (χ3n) is 3.48. The molecule has 0 fully saturated rings. The lowest BCUT2D eigenvalue weighted by molar-refractivity contribution is -0.305. The zero-order chi connectivity index (χ0) is 15.7. The van der Waals surface area contributed by atoms with E-state index in [1.54, 1.807) is 0 Å². The second kappa shape index (κ2) is 5.81. The molecule has 5 nitrogen and oxygen atoms in total. The Morgan fingerprint density at radius 2 is 2.05 bits per heavy atom. The summed E-state index contributed by atoms with van der Waals surface area (Å²) in [5.74, 6) is -1.31. The number of carboxylic acids is 1. The summed E-state index contributed by atoms with van der Waals surface area (Å²) < 4.78 is 0.858. The summed E-state index contributed by atoms with van der Waals surface area (Å²) >= 11 is 3.42. The summed E-state index contributed by atoms with van der Waals surface area (Å²) in [4.78, 5) is 24.5. The maximum Gasteiger partial charge on any atom is 0.322 e. The molecule has 1 aromatic rings. The lowest BCUT2D eigenvalue weighted by Gasteiger charge is -2.37. The van der Waals surface area contributed by atoms with Gasteiger partial charge in [0.15, 0.2) is 0 Å². The third-order valence-corrected chi connectivity index (χ3v) is 3.97. The molecule has 0 radical (unpaired) electrons. The molecule has 1 atom stereocenters. The van der Waals surface area contributed by atoms with Gasteiger partial charge in [-0.1, -0.05) is 52.3 Å². The van der Waals surface area contributed by atoms with E-state index >= 15 is 0 Å². The summed E-state index contributed by atoms with van der Waals surface area (Å²) in [6.07, 6.45) is 5.59. The predicted octanol–water partition coefficient (Wildman–Crippen LogP) is 1.39. The Balaban J connectivity index is 2.19. The third kappa shape index (κ3) is 2.69. The Morgan fingerprint density at radius 3 is 2.73 bits per heavy atom. The van der Waals surface area contributed by atoms with E-state index in [-0.39, 0.29) is 6.04 Å². The highest BCUT2D eigenvalue weighted by molar-refractivity contribution is 9.11. The topological polar surface area (TPSA) is 72.5 Å². The number of amides is 2. The van der Waals surface area contributed by atoms with Crippen LogP contribution in [0.25, 0.3) is 5.70 Å². The van der Waals surface area contributed by atoms with Gasteiger partial charge in [0.2, 0.25) is 0 Å². The van der Waals surface area contributed by atoms with Gasteiger partial charge in [0.1, 0.15) is 0 Å². The summed E-state index contributed by atoms with van der Waals surface area (Å²) in [7, 11) is 0. The van der Waals surface area contributed by atoms with Crippen molar-refractivity contribution in [2.75, 3.05) is 6.54 Å². The number of rotatable bonds is 3. The lowest BCUT2D eigenvalue weighted by Crippen LogP contribution is -2.52. The Bertz CT molecular complexity index is 722. The average Bonchev–Trinajstić information content (AvgIpc) is 2.49. The van der Waals surface area contributed by atoms with Gasteiger partial charge in [-0.15, -0.1) is 0 Å². The number of carboxylic acid groups (broad SMARTS) is 1. The van der Waals surface area contributed by atoms with Crippen molar-refractivity contribution < 1.29 is 14.7 Å². The van der Waals surface area contributed by atoms with E-state index in [2.05, 4.69) is 21.2 Å². The van der Waals surface area contributed by atoms with Gasteiger partial charge in [0.05, 0.1) is 24.3 Å². The van der Waals surface area contributed by atoms with Gasteiger partial charge >= 0.3 is 6.03 Å². The summed E-state index contributed by atoms with van der Waals surface area (Å²) in [6, 6.07) is 8.53. The quantitative estimate of drug-likeness (QED) is 0.886. The Hall–Kier alpha value is -2.34. The van der Waals surface area contributed by atoms with Crippen LogP contribution in [0.4, 0.5) is 4.79 Å². The van der Waals surface area contributed by atoms with E-state index in [0.717, 1.165) is 15.6 Å². The van der Waals surface area contributed by atoms with Crippen LogP contribution in [0.5, 0.6) is 0 Å². The van der Waals surface area contributed by atoms with Gasteiger partial charge in [-0.05, 0) is 17.7 Å². The Morgan fingerprint density at radius 1 is 1.32 bits per heavy atom. The number of carbonyl (C=O) groups excluding carboxylic acids is 2. The minimum absolute atomic E-state index is 0.276. The molecule has 0 spiro atoms. The normalized spacial score (nSPS) is 20.4. The number of carbonyl (C=O) groups is 2. The molecule has 1 aromatic carbocycles. The highest BCUT2D eigenvalue weighted by Gasteiger charge is 2.32. The second-order valence-electron chi connectivity index (χ2n) is 4.94. The molecule has 2 aliphatic rings. The van der Waals surface area contributed by atoms with Crippen molar-refractivity contribution in [3.05, 3.63) is 64.2 Å². The number of hydrogen-bond donors (Lipinski definition) is 1. The number of benzene rings is 1. The zero-order valence-electron chi connectivity index (χ0n) is 11.5. The van der Waals surface area contributed by atoms with Crippen LogP contribution in [0.1, 0.15) is 5.56 Å². The van der Waals surface area contributed by atoms with E-state index in [4.69, 9.17) is 0 Å². The van der Waals surface area contributed by atoms with Crippen LogP contribution in [0.2, 0.25) is 0 Å². The highest BCUT2D eigenvalue weighted by atomic mass is 79.9. The van der Waals surface area contributed by atoms with Gasteiger partial charge in [-0.3, -0.25) is 4.90 Å². The number of nitrogens with zero attached hydrogens (tertiary/aromatic N) is 1. The zero-order valence-corrected chi connectivity index (χ0v) is 13.0. The molecule has 6 heteroatoms. The van der Waals surface area contributed by atoms with Crippen LogP contribution in [0.15, 0.2) is 58.6 Å². The van der Waals surface area contributed by atoms with Gasteiger partial charge in [0.25, 0.3) is 0 Å². The number of fused-ring (bicyclic) bond motifs is 1. The van der Waals surface area contributed by atoms with Crippen molar-refractivity contribution >= 4 is 33.6 Å². The molecule has 22 heavy (non-hydrogen) atoms. The van der Waals surface area contributed by atoms with Crippen molar-refractivity contribution in [1.82, 2.24) is 10.2 Å². The Kier molecular flexibility index (Phi) is 3.85. The van der Waals surface area contributed by atoms with E-state index in [1.165, 1.54) is 4.90 Å². The highest BCUT2D eigenvalue weighted by Crippen LogP contribution is 2.33. The number of aliphatic carboxylic acids is 1. The minimum Gasteiger partial charge on any atom is -0.548 e. The van der Waals surface area contributed by atoms with Crippen LogP contribution < -0.4 is 10.4 Å². The molecule has 0 unspecified atom stereocenters.